The second kappa shape index (κ2) is 7.73. The molecule has 1 heterocycles. The fourth-order valence-corrected chi connectivity index (χ4v) is 2.30. The average molecular weight is 354 g/mol. The van der Waals surface area contributed by atoms with E-state index in [-0.39, 0.29) is 17.9 Å². The predicted molar refractivity (Wildman–Crippen MR) is 81.4 cm³/mol. The minimum absolute atomic E-state index is 0.0141. The Morgan fingerprint density at radius 3 is 2.40 bits per heavy atom. The van der Waals surface area contributed by atoms with Gasteiger partial charge in [-0.3, -0.25) is 0 Å². The molecule has 1 aliphatic rings. The van der Waals surface area contributed by atoms with Crippen molar-refractivity contribution in [1.82, 2.24) is 10.6 Å². The summed E-state index contributed by atoms with van der Waals surface area (Å²) in [4.78, 5) is 35.5. The van der Waals surface area contributed by atoms with E-state index in [0.717, 1.165) is 18.2 Å². The molecule has 0 radical (unpaired) electrons. The van der Waals surface area contributed by atoms with Crippen molar-refractivity contribution >= 4 is 18.0 Å². The summed E-state index contributed by atoms with van der Waals surface area (Å²) in [7, 11) is 0. The van der Waals surface area contributed by atoms with Gasteiger partial charge in [-0.2, -0.15) is 0 Å². The summed E-state index contributed by atoms with van der Waals surface area (Å²) in [6.07, 6.45) is 0. The van der Waals surface area contributed by atoms with Gasteiger partial charge in [-0.15, -0.1) is 0 Å². The van der Waals surface area contributed by atoms with Crippen LogP contribution in [0.15, 0.2) is 29.5 Å². The van der Waals surface area contributed by atoms with Crippen molar-refractivity contribution in [1.29, 1.82) is 0 Å². The van der Waals surface area contributed by atoms with Gasteiger partial charge in [0.05, 0.1) is 23.9 Å². The molecule has 9 heteroatoms. The lowest BCUT2D eigenvalue weighted by Gasteiger charge is -2.26. The van der Waals surface area contributed by atoms with Crippen molar-refractivity contribution in [2.75, 3.05) is 13.2 Å². The quantitative estimate of drug-likeness (QED) is 0.784. The molecule has 134 valence electrons. The summed E-state index contributed by atoms with van der Waals surface area (Å²) in [6, 6.07) is 1.64. The van der Waals surface area contributed by atoms with Gasteiger partial charge < -0.3 is 20.1 Å². The van der Waals surface area contributed by atoms with Gasteiger partial charge in [-0.1, -0.05) is 6.07 Å². The fourth-order valence-electron chi connectivity index (χ4n) is 2.30. The number of amides is 2. The molecule has 2 amide bonds. The number of hydrogen-bond acceptors (Lipinski definition) is 5. The second-order valence-corrected chi connectivity index (χ2v) is 5.11. The minimum atomic E-state index is -1.26. The molecule has 0 unspecified atom stereocenters. The molecule has 1 aliphatic heterocycles. The molecule has 0 bridgehead atoms. The van der Waals surface area contributed by atoms with Crippen molar-refractivity contribution in [3.05, 3.63) is 46.7 Å². The summed E-state index contributed by atoms with van der Waals surface area (Å²) in [5.41, 5.74) is -0.808. The van der Waals surface area contributed by atoms with Gasteiger partial charge in [-0.05, 0) is 26.0 Å². The van der Waals surface area contributed by atoms with E-state index in [9.17, 15) is 23.2 Å². The summed E-state index contributed by atoms with van der Waals surface area (Å²) in [6.45, 7) is 2.71. The number of urea groups is 1. The second-order valence-electron chi connectivity index (χ2n) is 5.11. The third kappa shape index (κ3) is 4.11. The number of rotatable bonds is 5. The first-order chi connectivity index (χ1) is 11.8. The van der Waals surface area contributed by atoms with Gasteiger partial charge in [-0.25, -0.2) is 23.2 Å². The Morgan fingerprint density at radius 1 is 1.16 bits per heavy atom. The lowest BCUT2D eigenvalue weighted by molar-refractivity contribution is -0.139. The molecule has 2 N–H and O–H groups in total. The number of hydrogen-bond donors (Lipinski definition) is 2. The Labute approximate surface area is 142 Å². The molecule has 7 nitrogen and oxygen atoms in total. The molecule has 0 saturated heterocycles. The number of esters is 2. The highest BCUT2D eigenvalue weighted by atomic mass is 19.1. The summed E-state index contributed by atoms with van der Waals surface area (Å²) >= 11 is 0. The third-order valence-electron chi connectivity index (χ3n) is 3.38. The first-order valence-electron chi connectivity index (χ1n) is 7.44. The first kappa shape index (κ1) is 18.4. The fraction of sp³-hybridized carbons (Fsp3) is 0.312. The van der Waals surface area contributed by atoms with Crippen LogP contribution in [-0.2, 0) is 14.3 Å². The van der Waals surface area contributed by atoms with E-state index in [1.54, 1.807) is 13.8 Å². The summed E-state index contributed by atoms with van der Waals surface area (Å²) < 4.78 is 36.9. The Hall–Kier alpha value is -2.97. The smallest absolute Gasteiger partial charge is 0.344 e. The van der Waals surface area contributed by atoms with Gasteiger partial charge in [0.15, 0.2) is 0 Å². The molecular weight excluding hydrogens is 338 g/mol. The Bertz CT molecular complexity index is 728. The SMILES string of the molecule is CCOC(=O)C1=C(COC(=O)c2c(F)cccc2F)NC(=O)N[C@@H]1C. The van der Waals surface area contributed by atoms with Crippen LogP contribution in [0.5, 0.6) is 0 Å². The Kier molecular flexibility index (Phi) is 5.68. The number of carbonyl (C=O) groups excluding carboxylic acids is 3. The lowest BCUT2D eigenvalue weighted by Crippen LogP contribution is -2.50. The molecule has 1 aromatic rings. The van der Waals surface area contributed by atoms with Crippen LogP contribution in [0.3, 0.4) is 0 Å². The van der Waals surface area contributed by atoms with Crippen molar-refractivity contribution < 1.29 is 32.6 Å². The molecule has 25 heavy (non-hydrogen) atoms. The van der Waals surface area contributed by atoms with E-state index < -0.39 is 47.8 Å². The molecule has 0 aromatic heterocycles. The van der Waals surface area contributed by atoms with Crippen molar-refractivity contribution in [2.45, 2.75) is 19.9 Å². The van der Waals surface area contributed by atoms with E-state index in [0.29, 0.717) is 0 Å². The normalized spacial score (nSPS) is 16.8. The van der Waals surface area contributed by atoms with Crippen LogP contribution in [0.25, 0.3) is 0 Å². The maximum atomic E-state index is 13.6. The van der Waals surface area contributed by atoms with Crippen LogP contribution in [0.1, 0.15) is 24.2 Å². The molecule has 0 fully saturated rings. The number of carbonyl (C=O) groups is 3. The minimum Gasteiger partial charge on any atom is -0.463 e. The molecule has 1 aromatic carbocycles. The summed E-state index contributed by atoms with van der Waals surface area (Å²) in [5, 5.41) is 4.80. The average Bonchev–Trinajstić information content (AvgIpc) is 2.52. The topological polar surface area (TPSA) is 93.7 Å². The predicted octanol–water partition coefficient (Wildman–Crippen LogP) is 1.64. The van der Waals surface area contributed by atoms with E-state index in [1.165, 1.54) is 0 Å². The Morgan fingerprint density at radius 2 is 1.80 bits per heavy atom. The largest absolute Gasteiger partial charge is 0.463 e. The molecular formula is C16H16F2N2O5. The van der Waals surface area contributed by atoms with Crippen LogP contribution in [0.2, 0.25) is 0 Å². The first-order valence-corrected chi connectivity index (χ1v) is 7.44. The zero-order valence-corrected chi connectivity index (χ0v) is 13.5. The zero-order valence-electron chi connectivity index (χ0n) is 13.5. The van der Waals surface area contributed by atoms with E-state index in [4.69, 9.17) is 9.47 Å². The van der Waals surface area contributed by atoms with Gasteiger partial charge >= 0.3 is 18.0 Å². The highest BCUT2D eigenvalue weighted by Gasteiger charge is 2.30. The van der Waals surface area contributed by atoms with Gasteiger partial charge in [0.2, 0.25) is 0 Å². The van der Waals surface area contributed by atoms with Crippen LogP contribution >= 0.6 is 0 Å². The van der Waals surface area contributed by atoms with Crippen molar-refractivity contribution in [3.63, 3.8) is 0 Å². The maximum Gasteiger partial charge on any atom is 0.344 e. The van der Waals surface area contributed by atoms with Gasteiger partial charge in [0.1, 0.15) is 23.8 Å². The third-order valence-corrected chi connectivity index (χ3v) is 3.38. The standard InChI is InChI=1S/C16H16F2N2O5/c1-3-24-14(21)12-8(2)19-16(23)20-11(12)7-25-15(22)13-9(17)5-4-6-10(13)18/h4-6,8H,3,7H2,1-2H3,(H2,19,20,23)/t8-/m1/s1. The lowest BCUT2D eigenvalue weighted by atomic mass is 10.0. The van der Waals surface area contributed by atoms with Crippen LogP contribution in [-0.4, -0.2) is 37.2 Å². The highest BCUT2D eigenvalue weighted by Crippen LogP contribution is 2.17. The van der Waals surface area contributed by atoms with Gasteiger partial charge in [0, 0.05) is 0 Å². The highest BCUT2D eigenvalue weighted by molar-refractivity contribution is 5.95. The van der Waals surface area contributed by atoms with Crippen molar-refractivity contribution in [3.8, 4) is 0 Å². The molecule has 0 spiro atoms. The van der Waals surface area contributed by atoms with Crippen LogP contribution < -0.4 is 10.6 Å². The number of halogens is 2. The number of benzene rings is 1. The number of nitrogens with one attached hydrogen (secondary N) is 2. The monoisotopic (exact) mass is 354 g/mol. The van der Waals surface area contributed by atoms with E-state index in [2.05, 4.69) is 10.6 Å². The Balaban J connectivity index is 2.23. The molecule has 2 rings (SSSR count). The van der Waals surface area contributed by atoms with Crippen LogP contribution in [0, 0.1) is 11.6 Å². The van der Waals surface area contributed by atoms with E-state index >= 15 is 0 Å². The summed E-state index contributed by atoms with van der Waals surface area (Å²) in [5.74, 6) is -4.11. The molecule has 0 saturated carbocycles. The van der Waals surface area contributed by atoms with Crippen molar-refractivity contribution in [2.24, 2.45) is 0 Å². The zero-order chi connectivity index (χ0) is 18.6. The van der Waals surface area contributed by atoms with E-state index in [1.807, 2.05) is 0 Å². The maximum absolute atomic E-state index is 13.6. The molecule has 1 atom stereocenters. The number of ether oxygens (including phenoxy) is 2. The molecule has 0 aliphatic carbocycles. The van der Waals surface area contributed by atoms with Crippen LogP contribution in [0.4, 0.5) is 13.6 Å². The van der Waals surface area contributed by atoms with Gasteiger partial charge in [0.25, 0.3) is 0 Å².